The zero-order valence-electron chi connectivity index (χ0n) is 7.00. The van der Waals surface area contributed by atoms with Crippen LogP contribution in [-0.4, -0.2) is 19.3 Å². The van der Waals surface area contributed by atoms with Gasteiger partial charge in [-0.05, 0) is 24.6 Å². The van der Waals surface area contributed by atoms with Crippen LogP contribution in [0.25, 0.3) is 0 Å². The molecule has 0 atom stereocenters. The van der Waals surface area contributed by atoms with Crippen molar-refractivity contribution < 1.29 is 14.6 Å². The lowest BCUT2D eigenvalue weighted by atomic mass is 10.2. The summed E-state index contributed by atoms with van der Waals surface area (Å²) in [6.07, 6.45) is 0. The molecule has 3 heteroatoms. The maximum absolute atomic E-state index is 9.41. The first-order valence-electron chi connectivity index (χ1n) is 3.39. The van der Waals surface area contributed by atoms with Gasteiger partial charge in [0.25, 0.3) is 0 Å². The molecule has 2 radical (unpaired) electrons. The van der Waals surface area contributed by atoms with Crippen molar-refractivity contribution in [2.45, 2.75) is 0 Å². The molecule has 0 aliphatic heterocycles. The van der Waals surface area contributed by atoms with Gasteiger partial charge in [-0.2, -0.15) is 0 Å². The smallest absolute Gasteiger partial charge is 0.200 e. The molecule has 1 aromatic carbocycles. The van der Waals surface area contributed by atoms with E-state index in [2.05, 4.69) is 0 Å². The van der Waals surface area contributed by atoms with Crippen molar-refractivity contribution in [3.05, 3.63) is 24.6 Å². The Labute approximate surface area is 71.5 Å². The highest BCUT2D eigenvalue weighted by atomic mass is 16.5. The molecule has 12 heavy (non-hydrogen) atoms. The predicted octanol–water partition coefficient (Wildman–Crippen LogP) is 1.47. The molecule has 0 bridgehead atoms. The lowest BCUT2D eigenvalue weighted by molar-refractivity contribution is 0.339. The maximum Gasteiger partial charge on any atom is 0.200 e. The van der Waals surface area contributed by atoms with E-state index in [4.69, 9.17) is 16.4 Å². The van der Waals surface area contributed by atoms with Crippen LogP contribution in [0.4, 0.5) is 0 Å². The van der Waals surface area contributed by atoms with Crippen molar-refractivity contribution in [2.75, 3.05) is 14.2 Å². The topological polar surface area (TPSA) is 38.7 Å². The van der Waals surface area contributed by atoms with E-state index in [1.54, 1.807) is 0 Å². The van der Waals surface area contributed by atoms with Crippen LogP contribution in [0.15, 0.2) is 12.1 Å². The Morgan fingerprint density at radius 1 is 1.17 bits per heavy atom. The number of aromatic hydroxyl groups is 1. The zero-order chi connectivity index (χ0) is 9.14. The molecule has 1 aromatic rings. The molecule has 0 saturated heterocycles. The van der Waals surface area contributed by atoms with E-state index in [0.717, 1.165) is 0 Å². The fourth-order valence-electron chi connectivity index (χ4n) is 0.914. The van der Waals surface area contributed by atoms with Crippen molar-refractivity contribution in [1.82, 2.24) is 0 Å². The van der Waals surface area contributed by atoms with Gasteiger partial charge in [0.15, 0.2) is 11.5 Å². The lowest BCUT2D eigenvalue weighted by Gasteiger charge is -2.08. The number of hydrogen-bond acceptors (Lipinski definition) is 3. The zero-order valence-corrected chi connectivity index (χ0v) is 7.00. The Bertz CT molecular complexity index is 256. The third-order valence-corrected chi connectivity index (χ3v) is 1.50. The molecule has 0 spiro atoms. The molecule has 0 saturated carbocycles. The second kappa shape index (κ2) is 3.34. The summed E-state index contributed by atoms with van der Waals surface area (Å²) < 4.78 is 9.72. The average molecular weight is 166 g/mol. The standard InChI is InChI=1S/C9H10O3/c1-6-4-7(11-2)9(10)8(5-6)12-3/h1,4-5,10H,2-3H3. The van der Waals surface area contributed by atoms with Gasteiger partial charge in [0, 0.05) is 0 Å². The van der Waals surface area contributed by atoms with Crippen molar-refractivity contribution >= 4 is 0 Å². The minimum Gasteiger partial charge on any atom is -0.502 e. The Hall–Kier alpha value is -1.38. The SMILES string of the molecule is [CH]c1cc(OC)c(O)c(OC)c1. The van der Waals surface area contributed by atoms with Gasteiger partial charge in [-0.15, -0.1) is 0 Å². The number of benzene rings is 1. The van der Waals surface area contributed by atoms with Crippen molar-refractivity contribution in [3.63, 3.8) is 0 Å². The first-order chi connectivity index (χ1) is 5.69. The quantitative estimate of drug-likeness (QED) is 0.723. The molecule has 64 valence electrons. The first-order valence-corrected chi connectivity index (χ1v) is 3.39. The van der Waals surface area contributed by atoms with Gasteiger partial charge in [-0.1, -0.05) is 0 Å². The van der Waals surface area contributed by atoms with Gasteiger partial charge in [-0.3, -0.25) is 0 Å². The van der Waals surface area contributed by atoms with Crippen molar-refractivity contribution in [3.8, 4) is 17.2 Å². The van der Waals surface area contributed by atoms with Crippen LogP contribution < -0.4 is 9.47 Å². The Morgan fingerprint density at radius 3 is 1.92 bits per heavy atom. The summed E-state index contributed by atoms with van der Waals surface area (Å²) in [5.41, 5.74) is 0.488. The van der Waals surface area contributed by atoms with Crippen molar-refractivity contribution in [1.29, 1.82) is 0 Å². The predicted molar refractivity (Wildman–Crippen MR) is 44.6 cm³/mol. The van der Waals surface area contributed by atoms with Crippen LogP contribution >= 0.6 is 0 Å². The van der Waals surface area contributed by atoms with E-state index in [-0.39, 0.29) is 5.75 Å². The Kier molecular flexibility index (Phi) is 2.43. The molecule has 0 aromatic heterocycles. The lowest BCUT2D eigenvalue weighted by Crippen LogP contribution is -1.89. The minimum absolute atomic E-state index is 0.0331. The van der Waals surface area contributed by atoms with E-state index < -0.39 is 0 Å². The summed E-state index contributed by atoms with van der Waals surface area (Å²) in [5.74, 6) is 0.591. The van der Waals surface area contributed by atoms with E-state index >= 15 is 0 Å². The fraction of sp³-hybridized carbons (Fsp3) is 0.222. The molecule has 3 nitrogen and oxygen atoms in total. The monoisotopic (exact) mass is 166 g/mol. The highest BCUT2D eigenvalue weighted by Gasteiger charge is 2.08. The number of ether oxygens (including phenoxy) is 2. The summed E-state index contributed by atoms with van der Waals surface area (Å²) in [4.78, 5) is 0. The summed E-state index contributed by atoms with van der Waals surface area (Å²) in [7, 11) is 2.90. The summed E-state index contributed by atoms with van der Waals surface area (Å²) >= 11 is 0. The van der Waals surface area contributed by atoms with E-state index in [9.17, 15) is 5.11 Å². The third-order valence-electron chi connectivity index (χ3n) is 1.50. The number of methoxy groups -OCH3 is 2. The molecule has 1 rings (SSSR count). The molecule has 0 amide bonds. The molecule has 0 aliphatic rings. The van der Waals surface area contributed by atoms with Crippen LogP contribution in [0.1, 0.15) is 5.56 Å². The maximum atomic E-state index is 9.41. The van der Waals surface area contributed by atoms with Gasteiger partial charge < -0.3 is 14.6 Å². The molecular weight excluding hydrogens is 156 g/mol. The van der Waals surface area contributed by atoms with Crippen LogP contribution in [0.5, 0.6) is 17.2 Å². The number of phenolic OH excluding ortho intramolecular Hbond substituents is 1. The van der Waals surface area contributed by atoms with Crippen molar-refractivity contribution in [2.24, 2.45) is 0 Å². The second-order valence-electron chi connectivity index (χ2n) is 2.27. The summed E-state index contributed by atoms with van der Waals surface area (Å²) in [6, 6.07) is 3.05. The van der Waals surface area contributed by atoms with E-state index in [0.29, 0.717) is 17.1 Å². The van der Waals surface area contributed by atoms with Crippen LogP contribution in [-0.2, 0) is 0 Å². The van der Waals surface area contributed by atoms with E-state index in [1.807, 2.05) is 0 Å². The van der Waals surface area contributed by atoms with Crippen LogP contribution in [0, 0.1) is 6.92 Å². The third kappa shape index (κ3) is 1.44. The summed E-state index contributed by atoms with van der Waals surface area (Å²) in [5, 5.41) is 9.41. The van der Waals surface area contributed by atoms with E-state index in [1.165, 1.54) is 26.4 Å². The number of phenols is 1. The van der Waals surface area contributed by atoms with Crippen LogP contribution in [0.3, 0.4) is 0 Å². The van der Waals surface area contributed by atoms with Gasteiger partial charge >= 0.3 is 0 Å². The highest BCUT2D eigenvalue weighted by Crippen LogP contribution is 2.36. The molecule has 0 unspecified atom stereocenters. The Balaban J connectivity index is 3.22. The first kappa shape index (κ1) is 8.71. The van der Waals surface area contributed by atoms with Crippen LogP contribution in [0.2, 0.25) is 0 Å². The normalized spacial score (nSPS) is 9.58. The molecular formula is C9H10O3. The Morgan fingerprint density at radius 2 is 1.58 bits per heavy atom. The second-order valence-corrected chi connectivity index (χ2v) is 2.27. The van der Waals surface area contributed by atoms with Gasteiger partial charge in [0.2, 0.25) is 5.75 Å². The highest BCUT2D eigenvalue weighted by molar-refractivity contribution is 5.53. The molecule has 0 heterocycles. The minimum atomic E-state index is -0.0331. The number of rotatable bonds is 2. The average Bonchev–Trinajstić information content (AvgIpc) is 2.08. The molecule has 0 fully saturated rings. The molecule has 0 aliphatic carbocycles. The molecule has 1 N–H and O–H groups in total. The van der Waals surface area contributed by atoms with Gasteiger partial charge in [-0.25, -0.2) is 0 Å². The number of hydrogen-bond donors (Lipinski definition) is 1. The van der Waals surface area contributed by atoms with Gasteiger partial charge in [0.1, 0.15) is 0 Å². The largest absolute Gasteiger partial charge is 0.502 e. The van der Waals surface area contributed by atoms with Gasteiger partial charge in [0.05, 0.1) is 14.2 Å². The summed E-state index contributed by atoms with van der Waals surface area (Å²) in [6.45, 7) is 5.51. The fourth-order valence-corrected chi connectivity index (χ4v) is 0.914.